The minimum Gasteiger partial charge on any atom is -0.308 e. The van der Waals surface area contributed by atoms with Crippen LogP contribution in [0.3, 0.4) is 0 Å². The van der Waals surface area contributed by atoms with Crippen LogP contribution in [0.5, 0.6) is 0 Å². The van der Waals surface area contributed by atoms with Crippen molar-refractivity contribution in [1.82, 2.24) is 15.1 Å². The van der Waals surface area contributed by atoms with Gasteiger partial charge in [0.05, 0.1) is 5.69 Å². The van der Waals surface area contributed by atoms with Crippen molar-refractivity contribution in [2.45, 2.75) is 39.8 Å². The number of rotatable bonds is 5. The van der Waals surface area contributed by atoms with Crippen molar-refractivity contribution < 1.29 is 4.39 Å². The van der Waals surface area contributed by atoms with E-state index in [2.05, 4.69) is 30.5 Å². The molecule has 1 aromatic carbocycles. The fourth-order valence-electron chi connectivity index (χ4n) is 2.34. The second-order valence-electron chi connectivity index (χ2n) is 5.56. The van der Waals surface area contributed by atoms with Crippen LogP contribution >= 0.6 is 0 Å². The largest absolute Gasteiger partial charge is 0.308 e. The van der Waals surface area contributed by atoms with Crippen LogP contribution in [0, 0.1) is 12.7 Å². The number of nitrogens with one attached hydrogen (secondary N) is 1. The zero-order chi connectivity index (χ0) is 14.7. The molecule has 0 bridgehead atoms. The molecule has 0 aliphatic rings. The van der Waals surface area contributed by atoms with Crippen molar-refractivity contribution in [3.8, 4) is 0 Å². The molecule has 0 saturated heterocycles. The van der Waals surface area contributed by atoms with Gasteiger partial charge in [-0.05, 0) is 30.0 Å². The summed E-state index contributed by atoms with van der Waals surface area (Å²) in [5, 5.41) is 7.89. The van der Waals surface area contributed by atoms with Gasteiger partial charge in [-0.1, -0.05) is 26.0 Å². The monoisotopic (exact) mass is 275 g/mol. The van der Waals surface area contributed by atoms with Crippen LogP contribution in [0.2, 0.25) is 0 Å². The summed E-state index contributed by atoms with van der Waals surface area (Å²) in [5.74, 6) is 0.268. The molecule has 0 aliphatic carbocycles. The van der Waals surface area contributed by atoms with Gasteiger partial charge in [-0.2, -0.15) is 5.10 Å². The molecule has 0 radical (unpaired) electrons. The van der Waals surface area contributed by atoms with Gasteiger partial charge in [0.25, 0.3) is 0 Å². The number of aromatic nitrogens is 2. The summed E-state index contributed by atoms with van der Waals surface area (Å²) in [7, 11) is 1.94. The van der Waals surface area contributed by atoms with Crippen molar-refractivity contribution in [3.63, 3.8) is 0 Å². The number of hydrogen-bond donors (Lipinski definition) is 1. The van der Waals surface area contributed by atoms with Gasteiger partial charge in [-0.15, -0.1) is 0 Å². The smallest absolute Gasteiger partial charge is 0.126 e. The summed E-state index contributed by atoms with van der Waals surface area (Å²) in [6, 6.07) is 5.23. The van der Waals surface area contributed by atoms with Crippen LogP contribution in [-0.4, -0.2) is 9.78 Å². The van der Waals surface area contributed by atoms with E-state index < -0.39 is 0 Å². The molecule has 0 unspecified atom stereocenters. The molecule has 0 atom stereocenters. The van der Waals surface area contributed by atoms with Crippen LogP contribution in [0.4, 0.5) is 4.39 Å². The first-order valence-electron chi connectivity index (χ1n) is 6.95. The number of hydrogen-bond acceptors (Lipinski definition) is 2. The zero-order valence-electron chi connectivity index (χ0n) is 12.6. The molecule has 20 heavy (non-hydrogen) atoms. The molecule has 1 heterocycles. The normalized spacial score (nSPS) is 11.3. The molecule has 0 amide bonds. The highest BCUT2D eigenvalue weighted by atomic mass is 19.1. The van der Waals surface area contributed by atoms with Crippen LogP contribution in [0.15, 0.2) is 24.4 Å². The molecular weight excluding hydrogens is 253 g/mol. The quantitative estimate of drug-likeness (QED) is 0.907. The Kier molecular flexibility index (Phi) is 4.55. The summed E-state index contributed by atoms with van der Waals surface area (Å²) in [4.78, 5) is 0. The Morgan fingerprint density at radius 3 is 2.70 bits per heavy atom. The molecule has 3 nitrogen and oxygen atoms in total. The number of aryl methyl sites for hydroxylation is 2. The lowest BCUT2D eigenvalue weighted by Crippen LogP contribution is -2.14. The van der Waals surface area contributed by atoms with Crippen LogP contribution in [-0.2, 0) is 20.1 Å². The first-order valence-corrected chi connectivity index (χ1v) is 6.95. The molecule has 1 aromatic heterocycles. The third-order valence-electron chi connectivity index (χ3n) is 3.35. The van der Waals surface area contributed by atoms with Gasteiger partial charge in [0.2, 0.25) is 0 Å². The van der Waals surface area contributed by atoms with Crippen molar-refractivity contribution in [2.24, 2.45) is 7.05 Å². The van der Waals surface area contributed by atoms with Crippen molar-refractivity contribution in [1.29, 1.82) is 0 Å². The molecule has 0 saturated carbocycles. The molecule has 0 fully saturated rings. The number of halogens is 1. The second-order valence-corrected chi connectivity index (χ2v) is 5.56. The lowest BCUT2D eigenvalue weighted by Gasteiger charge is -2.08. The van der Waals surface area contributed by atoms with Crippen molar-refractivity contribution in [3.05, 3.63) is 52.6 Å². The third kappa shape index (κ3) is 3.45. The lowest BCUT2D eigenvalue weighted by atomic mass is 10.1. The molecule has 2 aromatic rings. The van der Waals surface area contributed by atoms with E-state index in [1.165, 1.54) is 11.6 Å². The zero-order valence-corrected chi connectivity index (χ0v) is 12.6. The lowest BCUT2D eigenvalue weighted by molar-refractivity contribution is 0.615. The third-order valence-corrected chi connectivity index (χ3v) is 3.35. The highest BCUT2D eigenvalue weighted by Gasteiger charge is 2.10. The highest BCUT2D eigenvalue weighted by molar-refractivity contribution is 5.24. The predicted octanol–water partition coefficient (Wildman–Crippen LogP) is 3.28. The molecular formula is C16H22FN3. The molecule has 1 N–H and O–H groups in total. The van der Waals surface area contributed by atoms with Gasteiger partial charge < -0.3 is 5.32 Å². The summed E-state index contributed by atoms with van der Waals surface area (Å²) in [6.45, 7) is 7.59. The summed E-state index contributed by atoms with van der Waals surface area (Å²) in [6.07, 6.45) is 2.05. The van der Waals surface area contributed by atoms with Crippen molar-refractivity contribution in [2.75, 3.05) is 0 Å². The minimum absolute atomic E-state index is 0.150. The first-order chi connectivity index (χ1) is 9.47. The van der Waals surface area contributed by atoms with Crippen LogP contribution < -0.4 is 5.32 Å². The first kappa shape index (κ1) is 14.7. The van der Waals surface area contributed by atoms with Gasteiger partial charge >= 0.3 is 0 Å². The van der Waals surface area contributed by atoms with Gasteiger partial charge in [0, 0.05) is 31.9 Å². The van der Waals surface area contributed by atoms with E-state index in [1.807, 2.05) is 23.9 Å². The van der Waals surface area contributed by atoms with Gasteiger partial charge in [0.1, 0.15) is 5.82 Å². The van der Waals surface area contributed by atoms with Gasteiger partial charge in [-0.3, -0.25) is 4.68 Å². The Labute approximate surface area is 119 Å². The van der Waals surface area contributed by atoms with E-state index in [1.54, 1.807) is 6.92 Å². The van der Waals surface area contributed by atoms with E-state index in [0.29, 0.717) is 11.5 Å². The fourth-order valence-corrected chi connectivity index (χ4v) is 2.34. The van der Waals surface area contributed by atoms with Gasteiger partial charge in [0.15, 0.2) is 0 Å². The fraction of sp³-hybridized carbons (Fsp3) is 0.438. The van der Waals surface area contributed by atoms with Crippen LogP contribution in [0.1, 0.15) is 42.1 Å². The Hall–Kier alpha value is -1.68. The maximum absolute atomic E-state index is 13.2. The van der Waals surface area contributed by atoms with E-state index in [-0.39, 0.29) is 5.82 Å². The average molecular weight is 275 g/mol. The van der Waals surface area contributed by atoms with E-state index in [4.69, 9.17) is 0 Å². The van der Waals surface area contributed by atoms with E-state index in [0.717, 1.165) is 24.3 Å². The SMILES string of the molecule is Cc1cc(CNCc2cn(C)nc2C(C)C)ccc1F. The maximum atomic E-state index is 13.2. The Balaban J connectivity index is 1.97. The van der Waals surface area contributed by atoms with E-state index in [9.17, 15) is 4.39 Å². The number of benzene rings is 1. The average Bonchev–Trinajstić information content (AvgIpc) is 2.75. The van der Waals surface area contributed by atoms with Gasteiger partial charge in [-0.25, -0.2) is 4.39 Å². The predicted molar refractivity (Wildman–Crippen MR) is 79.0 cm³/mol. The Morgan fingerprint density at radius 2 is 2.05 bits per heavy atom. The summed E-state index contributed by atoms with van der Waals surface area (Å²) in [5.41, 5.74) is 4.14. The standard InChI is InChI=1S/C16H22FN3/c1-11(2)16-14(10-20(4)19-16)9-18-8-13-5-6-15(17)12(3)7-13/h5-7,10-11,18H,8-9H2,1-4H3. The molecule has 2 rings (SSSR count). The molecule has 0 aliphatic heterocycles. The topological polar surface area (TPSA) is 29.9 Å². The summed E-state index contributed by atoms with van der Waals surface area (Å²) < 4.78 is 15.1. The second kappa shape index (κ2) is 6.18. The minimum atomic E-state index is -0.150. The highest BCUT2D eigenvalue weighted by Crippen LogP contribution is 2.17. The molecule has 0 spiro atoms. The van der Waals surface area contributed by atoms with Crippen LogP contribution in [0.25, 0.3) is 0 Å². The number of nitrogens with zero attached hydrogens (tertiary/aromatic N) is 2. The van der Waals surface area contributed by atoms with E-state index >= 15 is 0 Å². The Bertz CT molecular complexity index is 587. The Morgan fingerprint density at radius 1 is 1.30 bits per heavy atom. The van der Waals surface area contributed by atoms with Crippen molar-refractivity contribution >= 4 is 0 Å². The molecule has 4 heteroatoms. The summed E-state index contributed by atoms with van der Waals surface area (Å²) >= 11 is 0. The maximum Gasteiger partial charge on any atom is 0.126 e. The molecule has 108 valence electrons.